The van der Waals surface area contributed by atoms with Crippen LogP contribution in [-0.4, -0.2) is 26.5 Å². The van der Waals surface area contributed by atoms with Crippen LogP contribution in [0.15, 0.2) is 47.0 Å². The van der Waals surface area contributed by atoms with E-state index in [1.54, 1.807) is 0 Å². The number of aromatic nitrogens is 4. The zero-order valence-electron chi connectivity index (χ0n) is 11.8. The molecule has 0 aliphatic rings. The Morgan fingerprint density at radius 1 is 1.19 bits per heavy atom. The van der Waals surface area contributed by atoms with Crippen molar-refractivity contribution >= 4 is 22.8 Å². The van der Waals surface area contributed by atoms with E-state index in [0.717, 1.165) is 41.3 Å². The SMILES string of the molecule is CCCNCc1cnc(Sc2nc3ccccc3[nH]2)nc1. The van der Waals surface area contributed by atoms with Crippen LogP contribution >= 0.6 is 11.8 Å². The van der Waals surface area contributed by atoms with Gasteiger partial charge in [-0.15, -0.1) is 0 Å². The molecule has 0 atom stereocenters. The lowest BCUT2D eigenvalue weighted by Crippen LogP contribution is -2.14. The fourth-order valence-electron chi connectivity index (χ4n) is 1.96. The van der Waals surface area contributed by atoms with Gasteiger partial charge in [0.05, 0.1) is 11.0 Å². The lowest BCUT2D eigenvalue weighted by Gasteiger charge is -2.02. The topological polar surface area (TPSA) is 66.5 Å². The first kappa shape index (κ1) is 14.0. The van der Waals surface area contributed by atoms with Gasteiger partial charge in [-0.25, -0.2) is 15.0 Å². The van der Waals surface area contributed by atoms with Crippen LogP contribution in [0.2, 0.25) is 0 Å². The molecule has 2 aromatic heterocycles. The number of H-pyrrole nitrogens is 1. The molecule has 1 aromatic carbocycles. The van der Waals surface area contributed by atoms with Crippen molar-refractivity contribution in [3.05, 3.63) is 42.2 Å². The third-order valence-corrected chi connectivity index (χ3v) is 3.77. The first-order chi connectivity index (χ1) is 10.3. The molecule has 5 nitrogen and oxygen atoms in total. The van der Waals surface area contributed by atoms with E-state index in [1.807, 2.05) is 36.7 Å². The van der Waals surface area contributed by atoms with Crippen molar-refractivity contribution in [2.75, 3.05) is 6.54 Å². The van der Waals surface area contributed by atoms with Gasteiger partial charge < -0.3 is 10.3 Å². The molecule has 108 valence electrons. The zero-order chi connectivity index (χ0) is 14.5. The number of imidazole rings is 1. The van der Waals surface area contributed by atoms with E-state index in [1.165, 1.54) is 11.8 Å². The molecule has 0 unspecified atom stereocenters. The molecule has 0 aliphatic heterocycles. The molecule has 6 heteroatoms. The standard InChI is InChI=1S/C15H17N5S/c1-2-7-16-8-11-9-17-14(18-10-11)21-15-19-12-5-3-4-6-13(12)20-15/h3-6,9-10,16H,2,7-8H2,1H3,(H,19,20). The molecule has 0 amide bonds. The molecule has 2 heterocycles. The van der Waals surface area contributed by atoms with Crippen molar-refractivity contribution in [2.45, 2.75) is 30.2 Å². The number of rotatable bonds is 6. The van der Waals surface area contributed by atoms with Crippen LogP contribution in [0, 0.1) is 0 Å². The predicted molar refractivity (Wildman–Crippen MR) is 84.2 cm³/mol. The summed E-state index contributed by atoms with van der Waals surface area (Å²) in [5.74, 6) is 0. The second-order valence-electron chi connectivity index (χ2n) is 4.71. The quantitative estimate of drug-likeness (QED) is 0.541. The number of hydrogen-bond donors (Lipinski definition) is 2. The van der Waals surface area contributed by atoms with Crippen LogP contribution < -0.4 is 5.32 Å². The maximum atomic E-state index is 4.51. The van der Waals surface area contributed by atoms with Gasteiger partial charge in [-0.3, -0.25) is 0 Å². The third kappa shape index (κ3) is 3.59. The normalized spacial score (nSPS) is 11.1. The lowest BCUT2D eigenvalue weighted by atomic mass is 10.3. The van der Waals surface area contributed by atoms with E-state index in [9.17, 15) is 0 Å². The monoisotopic (exact) mass is 299 g/mol. The molecule has 2 N–H and O–H groups in total. The van der Waals surface area contributed by atoms with Crippen LogP contribution in [0.25, 0.3) is 11.0 Å². The number of fused-ring (bicyclic) bond motifs is 1. The molecular formula is C15H17N5S. The molecule has 0 spiro atoms. The summed E-state index contributed by atoms with van der Waals surface area (Å²) in [6, 6.07) is 7.96. The third-order valence-electron chi connectivity index (χ3n) is 2.99. The Kier molecular flexibility index (Phi) is 4.47. The summed E-state index contributed by atoms with van der Waals surface area (Å²) in [4.78, 5) is 16.5. The molecule has 0 aliphatic carbocycles. The van der Waals surface area contributed by atoms with Crippen LogP contribution in [0.4, 0.5) is 0 Å². The zero-order valence-corrected chi connectivity index (χ0v) is 12.7. The van der Waals surface area contributed by atoms with E-state index in [2.05, 4.69) is 32.2 Å². The van der Waals surface area contributed by atoms with Gasteiger partial charge >= 0.3 is 0 Å². The highest BCUT2D eigenvalue weighted by atomic mass is 32.2. The predicted octanol–water partition coefficient (Wildman–Crippen LogP) is 3.00. The number of benzene rings is 1. The van der Waals surface area contributed by atoms with Gasteiger partial charge in [0.2, 0.25) is 0 Å². The number of nitrogens with zero attached hydrogens (tertiary/aromatic N) is 3. The number of nitrogens with one attached hydrogen (secondary N) is 2. The van der Waals surface area contributed by atoms with Crippen molar-refractivity contribution in [3.8, 4) is 0 Å². The van der Waals surface area contributed by atoms with Crippen molar-refractivity contribution < 1.29 is 0 Å². The molecule has 0 saturated carbocycles. The van der Waals surface area contributed by atoms with Crippen LogP contribution in [-0.2, 0) is 6.54 Å². The smallest absolute Gasteiger partial charge is 0.195 e. The van der Waals surface area contributed by atoms with Gasteiger partial charge in [0.25, 0.3) is 0 Å². The fourth-order valence-corrected chi connectivity index (χ4v) is 2.65. The Balaban J connectivity index is 1.67. The number of aromatic amines is 1. The molecule has 0 radical (unpaired) electrons. The van der Waals surface area contributed by atoms with Crippen molar-refractivity contribution in [3.63, 3.8) is 0 Å². The molecular weight excluding hydrogens is 282 g/mol. The summed E-state index contributed by atoms with van der Waals surface area (Å²) in [6.07, 6.45) is 4.85. The average Bonchev–Trinajstić information content (AvgIpc) is 2.91. The summed E-state index contributed by atoms with van der Waals surface area (Å²) in [5.41, 5.74) is 3.08. The minimum Gasteiger partial charge on any atom is -0.333 e. The first-order valence-electron chi connectivity index (χ1n) is 6.99. The van der Waals surface area contributed by atoms with Gasteiger partial charge in [-0.1, -0.05) is 19.1 Å². The Hall–Kier alpha value is -1.92. The number of hydrogen-bond acceptors (Lipinski definition) is 5. The van der Waals surface area contributed by atoms with E-state index in [0.29, 0.717) is 5.16 Å². The highest BCUT2D eigenvalue weighted by Crippen LogP contribution is 2.23. The highest BCUT2D eigenvalue weighted by Gasteiger charge is 2.06. The molecule has 3 rings (SSSR count). The first-order valence-corrected chi connectivity index (χ1v) is 7.81. The maximum absolute atomic E-state index is 4.51. The number of para-hydroxylation sites is 2. The molecule has 3 aromatic rings. The van der Waals surface area contributed by atoms with Gasteiger partial charge in [-0.2, -0.15) is 0 Å². The summed E-state index contributed by atoms with van der Waals surface area (Å²) >= 11 is 1.44. The second kappa shape index (κ2) is 6.69. The Morgan fingerprint density at radius 2 is 2.00 bits per heavy atom. The molecule has 0 fully saturated rings. The summed E-state index contributed by atoms with van der Waals surface area (Å²) in [7, 11) is 0. The van der Waals surface area contributed by atoms with E-state index in [-0.39, 0.29) is 0 Å². The van der Waals surface area contributed by atoms with Crippen molar-refractivity contribution in [1.82, 2.24) is 25.3 Å². The summed E-state index contributed by atoms with van der Waals surface area (Å²) in [5, 5.41) is 4.85. The summed E-state index contributed by atoms with van der Waals surface area (Å²) < 4.78 is 0. The molecule has 21 heavy (non-hydrogen) atoms. The second-order valence-corrected chi connectivity index (χ2v) is 5.67. The Labute approximate surface area is 127 Å². The van der Waals surface area contributed by atoms with Gasteiger partial charge in [0.1, 0.15) is 0 Å². The van der Waals surface area contributed by atoms with Gasteiger partial charge in [-0.05, 0) is 36.9 Å². The average molecular weight is 299 g/mol. The summed E-state index contributed by atoms with van der Waals surface area (Å²) in [6.45, 7) is 3.97. The fraction of sp³-hybridized carbons (Fsp3) is 0.267. The highest BCUT2D eigenvalue weighted by molar-refractivity contribution is 7.99. The van der Waals surface area contributed by atoms with Crippen LogP contribution in [0.1, 0.15) is 18.9 Å². The van der Waals surface area contributed by atoms with Gasteiger partial charge in [0.15, 0.2) is 10.3 Å². The van der Waals surface area contributed by atoms with E-state index < -0.39 is 0 Å². The van der Waals surface area contributed by atoms with Crippen molar-refractivity contribution in [1.29, 1.82) is 0 Å². The molecule has 0 bridgehead atoms. The van der Waals surface area contributed by atoms with Crippen LogP contribution in [0.3, 0.4) is 0 Å². The lowest BCUT2D eigenvalue weighted by molar-refractivity contribution is 0.669. The molecule has 0 saturated heterocycles. The van der Waals surface area contributed by atoms with E-state index in [4.69, 9.17) is 0 Å². The van der Waals surface area contributed by atoms with Gasteiger partial charge in [0, 0.05) is 24.5 Å². The van der Waals surface area contributed by atoms with Crippen LogP contribution in [0.5, 0.6) is 0 Å². The maximum Gasteiger partial charge on any atom is 0.195 e. The minimum atomic E-state index is 0.702. The Morgan fingerprint density at radius 3 is 2.76 bits per heavy atom. The van der Waals surface area contributed by atoms with E-state index >= 15 is 0 Å². The minimum absolute atomic E-state index is 0.702. The largest absolute Gasteiger partial charge is 0.333 e. The Bertz CT molecular complexity index is 674. The van der Waals surface area contributed by atoms with Crippen molar-refractivity contribution in [2.24, 2.45) is 0 Å².